The van der Waals surface area contributed by atoms with E-state index in [4.69, 9.17) is 5.14 Å². The Kier molecular flexibility index (Phi) is 6.05. The molecular weight excluding hydrogens is 331 g/mol. The standard InChI is InChI=1S/C17H19FN2O3S/c18-16-4-2-1-3-14(16)11-12-20-17(21)10-7-13-5-8-15(9-6-13)24(19,22)23/h1-6,8-9H,7,10-12H2,(H,20,21)(H2,19,22,23). The van der Waals surface area contributed by atoms with E-state index in [0.717, 1.165) is 5.56 Å². The fraction of sp³-hybridized carbons (Fsp3) is 0.235. The van der Waals surface area contributed by atoms with E-state index in [0.29, 0.717) is 24.9 Å². The van der Waals surface area contributed by atoms with Crippen LogP contribution in [0.3, 0.4) is 0 Å². The van der Waals surface area contributed by atoms with Crippen molar-refractivity contribution in [2.75, 3.05) is 6.54 Å². The van der Waals surface area contributed by atoms with Gasteiger partial charge in [0, 0.05) is 13.0 Å². The summed E-state index contributed by atoms with van der Waals surface area (Å²) < 4.78 is 35.7. The van der Waals surface area contributed by atoms with Gasteiger partial charge in [0.15, 0.2) is 0 Å². The second kappa shape index (κ2) is 8.03. The second-order valence-electron chi connectivity index (χ2n) is 5.38. The van der Waals surface area contributed by atoms with Gasteiger partial charge in [0.25, 0.3) is 0 Å². The van der Waals surface area contributed by atoms with Crippen molar-refractivity contribution in [3.63, 3.8) is 0 Å². The molecule has 7 heteroatoms. The lowest BCUT2D eigenvalue weighted by molar-refractivity contribution is -0.121. The molecule has 0 radical (unpaired) electrons. The molecule has 2 aromatic carbocycles. The Bertz CT molecular complexity index is 805. The highest BCUT2D eigenvalue weighted by Gasteiger charge is 2.08. The number of rotatable bonds is 7. The predicted octanol–water partition coefficient (Wildman–Crippen LogP) is 1.76. The summed E-state index contributed by atoms with van der Waals surface area (Å²) in [7, 11) is -3.70. The number of carbonyl (C=O) groups excluding carboxylic acids is 1. The molecule has 0 heterocycles. The summed E-state index contributed by atoms with van der Waals surface area (Å²) in [5.74, 6) is -0.413. The van der Waals surface area contributed by atoms with Crippen molar-refractivity contribution in [3.8, 4) is 0 Å². The molecule has 0 aromatic heterocycles. The fourth-order valence-electron chi connectivity index (χ4n) is 2.23. The molecule has 0 fully saturated rings. The SMILES string of the molecule is NS(=O)(=O)c1ccc(CCC(=O)NCCc2ccccc2F)cc1. The number of hydrogen-bond donors (Lipinski definition) is 2. The Labute approximate surface area is 140 Å². The number of hydrogen-bond acceptors (Lipinski definition) is 3. The number of aryl methyl sites for hydroxylation is 1. The van der Waals surface area contributed by atoms with E-state index < -0.39 is 10.0 Å². The molecule has 0 atom stereocenters. The van der Waals surface area contributed by atoms with Crippen LogP contribution in [0.15, 0.2) is 53.4 Å². The highest BCUT2D eigenvalue weighted by Crippen LogP contribution is 2.10. The van der Waals surface area contributed by atoms with Gasteiger partial charge in [-0.05, 0) is 42.2 Å². The molecule has 0 saturated carbocycles. The van der Waals surface area contributed by atoms with Crippen molar-refractivity contribution < 1.29 is 17.6 Å². The Balaban J connectivity index is 1.76. The number of primary sulfonamides is 1. The maximum atomic E-state index is 13.4. The van der Waals surface area contributed by atoms with E-state index in [2.05, 4.69) is 5.32 Å². The van der Waals surface area contributed by atoms with Gasteiger partial charge in [0.05, 0.1) is 4.90 Å². The Morgan fingerprint density at radius 1 is 1.04 bits per heavy atom. The van der Waals surface area contributed by atoms with E-state index in [9.17, 15) is 17.6 Å². The number of amides is 1. The molecule has 0 aliphatic carbocycles. The molecule has 2 aromatic rings. The topological polar surface area (TPSA) is 89.3 Å². The monoisotopic (exact) mass is 350 g/mol. The van der Waals surface area contributed by atoms with Crippen LogP contribution in [0.5, 0.6) is 0 Å². The summed E-state index contributed by atoms with van der Waals surface area (Å²) in [6.45, 7) is 0.365. The average Bonchev–Trinajstić information content (AvgIpc) is 2.54. The van der Waals surface area contributed by atoms with Crippen LogP contribution in [0.2, 0.25) is 0 Å². The average molecular weight is 350 g/mol. The van der Waals surface area contributed by atoms with Crippen molar-refractivity contribution in [1.29, 1.82) is 0 Å². The number of nitrogens with two attached hydrogens (primary N) is 1. The Morgan fingerprint density at radius 3 is 2.33 bits per heavy atom. The van der Waals surface area contributed by atoms with E-state index in [1.165, 1.54) is 18.2 Å². The molecule has 0 aliphatic rings. The molecule has 5 nitrogen and oxygen atoms in total. The summed E-state index contributed by atoms with van der Waals surface area (Å²) in [4.78, 5) is 11.8. The second-order valence-corrected chi connectivity index (χ2v) is 6.94. The molecule has 0 unspecified atom stereocenters. The molecule has 24 heavy (non-hydrogen) atoms. The molecule has 1 amide bonds. The minimum Gasteiger partial charge on any atom is -0.356 e. The van der Waals surface area contributed by atoms with Crippen molar-refractivity contribution in [2.45, 2.75) is 24.2 Å². The molecule has 2 rings (SSSR count). The van der Waals surface area contributed by atoms with Crippen molar-refractivity contribution in [1.82, 2.24) is 5.32 Å². The highest BCUT2D eigenvalue weighted by atomic mass is 32.2. The van der Waals surface area contributed by atoms with E-state index >= 15 is 0 Å². The number of halogens is 1. The molecule has 0 bridgehead atoms. The van der Waals surface area contributed by atoms with Crippen LogP contribution in [-0.2, 0) is 27.7 Å². The van der Waals surface area contributed by atoms with E-state index in [1.54, 1.807) is 30.3 Å². The maximum Gasteiger partial charge on any atom is 0.238 e. The maximum absolute atomic E-state index is 13.4. The molecule has 3 N–H and O–H groups in total. The van der Waals surface area contributed by atoms with Crippen molar-refractivity contribution in [3.05, 3.63) is 65.5 Å². The van der Waals surface area contributed by atoms with Gasteiger partial charge in [-0.3, -0.25) is 4.79 Å². The van der Waals surface area contributed by atoms with Crippen LogP contribution in [0.4, 0.5) is 4.39 Å². The summed E-state index contributed by atoms with van der Waals surface area (Å²) >= 11 is 0. The third-order valence-corrected chi connectivity index (χ3v) is 4.50. The van der Waals surface area contributed by atoms with Crippen LogP contribution in [0, 0.1) is 5.82 Å². The first kappa shape index (κ1) is 18.1. The van der Waals surface area contributed by atoms with Crippen molar-refractivity contribution >= 4 is 15.9 Å². The van der Waals surface area contributed by atoms with Gasteiger partial charge >= 0.3 is 0 Å². The van der Waals surface area contributed by atoms with Gasteiger partial charge in [-0.2, -0.15) is 0 Å². The van der Waals surface area contributed by atoms with Crippen LogP contribution >= 0.6 is 0 Å². The number of sulfonamides is 1. The van der Waals surface area contributed by atoms with Gasteiger partial charge in [-0.1, -0.05) is 30.3 Å². The predicted molar refractivity (Wildman–Crippen MR) is 89.2 cm³/mol. The normalized spacial score (nSPS) is 11.2. The van der Waals surface area contributed by atoms with E-state index in [1.807, 2.05) is 0 Å². The van der Waals surface area contributed by atoms with Crippen molar-refractivity contribution in [2.24, 2.45) is 5.14 Å². The molecule has 128 valence electrons. The summed E-state index contributed by atoms with van der Waals surface area (Å²) in [5, 5.41) is 7.77. The molecule has 0 spiro atoms. The first-order valence-electron chi connectivity index (χ1n) is 7.48. The zero-order chi connectivity index (χ0) is 17.6. The first-order chi connectivity index (χ1) is 11.4. The van der Waals surface area contributed by atoms with Crippen LogP contribution < -0.4 is 10.5 Å². The van der Waals surface area contributed by atoms with Crippen LogP contribution in [-0.4, -0.2) is 20.9 Å². The van der Waals surface area contributed by atoms with Gasteiger partial charge in [0.2, 0.25) is 15.9 Å². The number of nitrogens with one attached hydrogen (secondary N) is 1. The number of carbonyl (C=O) groups is 1. The summed E-state index contributed by atoms with van der Waals surface area (Å²) in [5.41, 5.74) is 1.41. The largest absolute Gasteiger partial charge is 0.356 e. The minimum absolute atomic E-state index is 0.0422. The first-order valence-corrected chi connectivity index (χ1v) is 9.03. The van der Waals surface area contributed by atoms with Gasteiger partial charge in [0.1, 0.15) is 5.82 Å². The van der Waals surface area contributed by atoms with E-state index in [-0.39, 0.29) is 23.0 Å². The van der Waals surface area contributed by atoms with Gasteiger partial charge in [-0.25, -0.2) is 17.9 Å². The zero-order valence-corrected chi connectivity index (χ0v) is 13.9. The third-order valence-electron chi connectivity index (χ3n) is 3.57. The van der Waals surface area contributed by atoms with Crippen LogP contribution in [0.1, 0.15) is 17.5 Å². The summed E-state index contributed by atoms with van der Waals surface area (Å²) in [6.07, 6.45) is 1.18. The molecule has 0 saturated heterocycles. The van der Waals surface area contributed by atoms with Crippen LogP contribution in [0.25, 0.3) is 0 Å². The van der Waals surface area contributed by atoms with Gasteiger partial charge in [-0.15, -0.1) is 0 Å². The number of benzene rings is 2. The molecular formula is C17H19FN2O3S. The lowest BCUT2D eigenvalue weighted by Gasteiger charge is -2.07. The summed E-state index contributed by atoms with van der Waals surface area (Å²) in [6, 6.07) is 12.6. The smallest absolute Gasteiger partial charge is 0.238 e. The minimum atomic E-state index is -3.70. The zero-order valence-electron chi connectivity index (χ0n) is 13.0. The molecule has 0 aliphatic heterocycles. The Morgan fingerprint density at radius 2 is 1.71 bits per heavy atom. The lowest BCUT2D eigenvalue weighted by atomic mass is 10.1. The third kappa shape index (κ3) is 5.43. The van der Waals surface area contributed by atoms with Gasteiger partial charge < -0.3 is 5.32 Å². The fourth-order valence-corrected chi connectivity index (χ4v) is 2.75. The quantitative estimate of drug-likeness (QED) is 0.797. The Hall–Kier alpha value is -2.25. The lowest BCUT2D eigenvalue weighted by Crippen LogP contribution is -2.26. The highest BCUT2D eigenvalue weighted by molar-refractivity contribution is 7.89.